The van der Waals surface area contributed by atoms with Crippen molar-refractivity contribution in [3.8, 4) is 10.6 Å². The Morgan fingerprint density at radius 2 is 2.00 bits per heavy atom. The van der Waals surface area contributed by atoms with E-state index < -0.39 is 0 Å². The SMILES string of the molecule is NCCC(=O)Nc1nccc2nc(-c3c(Cl)cccc3Cl)sc12. The van der Waals surface area contributed by atoms with E-state index in [2.05, 4.69) is 15.3 Å². The number of amides is 1. The van der Waals surface area contributed by atoms with Crippen molar-refractivity contribution in [3.63, 3.8) is 0 Å². The highest BCUT2D eigenvalue weighted by Crippen LogP contribution is 2.40. The first kappa shape index (κ1) is 16.1. The average Bonchev–Trinajstić information content (AvgIpc) is 2.92. The molecule has 3 rings (SSSR count). The highest BCUT2D eigenvalue weighted by atomic mass is 35.5. The molecule has 2 aromatic heterocycles. The third-order valence-corrected chi connectivity index (χ3v) is 4.84. The molecule has 0 aliphatic carbocycles. The Morgan fingerprint density at radius 3 is 2.70 bits per heavy atom. The average molecular weight is 367 g/mol. The predicted octanol–water partition coefficient (Wildman–Crippen LogP) is 3.95. The molecule has 23 heavy (non-hydrogen) atoms. The molecule has 0 unspecified atom stereocenters. The van der Waals surface area contributed by atoms with Gasteiger partial charge >= 0.3 is 0 Å². The van der Waals surface area contributed by atoms with Gasteiger partial charge in [-0.2, -0.15) is 0 Å². The third-order valence-electron chi connectivity index (χ3n) is 3.11. The summed E-state index contributed by atoms with van der Waals surface area (Å²) in [7, 11) is 0. The lowest BCUT2D eigenvalue weighted by Gasteiger charge is -2.03. The van der Waals surface area contributed by atoms with Crippen LogP contribution in [0.3, 0.4) is 0 Å². The summed E-state index contributed by atoms with van der Waals surface area (Å²) in [5.41, 5.74) is 6.79. The first-order valence-electron chi connectivity index (χ1n) is 6.80. The minimum Gasteiger partial charge on any atom is -0.330 e. The van der Waals surface area contributed by atoms with Crippen LogP contribution in [0.1, 0.15) is 6.42 Å². The molecule has 1 amide bonds. The summed E-state index contributed by atoms with van der Waals surface area (Å²) < 4.78 is 0.767. The summed E-state index contributed by atoms with van der Waals surface area (Å²) in [4.78, 5) is 20.5. The van der Waals surface area contributed by atoms with Crippen LogP contribution in [0.2, 0.25) is 10.0 Å². The van der Waals surface area contributed by atoms with E-state index >= 15 is 0 Å². The first-order valence-corrected chi connectivity index (χ1v) is 8.37. The number of hydrogen-bond donors (Lipinski definition) is 2. The van der Waals surface area contributed by atoms with Gasteiger partial charge in [0, 0.05) is 24.7 Å². The van der Waals surface area contributed by atoms with Crippen LogP contribution in [0.15, 0.2) is 30.5 Å². The largest absolute Gasteiger partial charge is 0.330 e. The van der Waals surface area contributed by atoms with E-state index in [9.17, 15) is 4.79 Å². The van der Waals surface area contributed by atoms with Crippen molar-refractivity contribution >= 4 is 56.5 Å². The molecule has 3 aromatic rings. The van der Waals surface area contributed by atoms with E-state index in [1.54, 1.807) is 30.5 Å². The summed E-state index contributed by atoms with van der Waals surface area (Å²) >= 11 is 13.9. The number of carbonyl (C=O) groups excluding carboxylic acids is 1. The molecular formula is C15H12Cl2N4OS. The number of anilines is 1. The quantitative estimate of drug-likeness (QED) is 0.732. The van der Waals surface area contributed by atoms with Crippen LogP contribution in [0.4, 0.5) is 5.82 Å². The Balaban J connectivity index is 2.07. The molecule has 0 radical (unpaired) electrons. The van der Waals surface area contributed by atoms with Crippen molar-refractivity contribution < 1.29 is 4.79 Å². The fraction of sp³-hybridized carbons (Fsp3) is 0.133. The van der Waals surface area contributed by atoms with Crippen molar-refractivity contribution in [3.05, 3.63) is 40.5 Å². The number of nitrogens with one attached hydrogen (secondary N) is 1. The number of nitrogens with two attached hydrogens (primary N) is 1. The van der Waals surface area contributed by atoms with E-state index in [1.807, 2.05) is 0 Å². The molecule has 5 nitrogen and oxygen atoms in total. The van der Waals surface area contributed by atoms with Crippen LogP contribution in [-0.2, 0) is 4.79 Å². The third kappa shape index (κ3) is 3.30. The number of hydrogen-bond acceptors (Lipinski definition) is 5. The van der Waals surface area contributed by atoms with E-state index in [1.165, 1.54) is 11.3 Å². The van der Waals surface area contributed by atoms with Gasteiger partial charge in [-0.05, 0) is 18.2 Å². The summed E-state index contributed by atoms with van der Waals surface area (Å²) in [6.45, 7) is 0.283. The first-order chi connectivity index (χ1) is 11.1. The maximum absolute atomic E-state index is 11.8. The number of aromatic nitrogens is 2. The Hall–Kier alpha value is -1.73. The lowest BCUT2D eigenvalue weighted by Crippen LogP contribution is -2.16. The van der Waals surface area contributed by atoms with Crippen LogP contribution in [0, 0.1) is 0 Å². The predicted molar refractivity (Wildman–Crippen MR) is 95.2 cm³/mol. The van der Waals surface area contributed by atoms with Crippen molar-refractivity contribution in [2.45, 2.75) is 6.42 Å². The molecule has 1 aromatic carbocycles. The number of pyridine rings is 1. The molecule has 3 N–H and O–H groups in total. The zero-order valence-corrected chi connectivity index (χ0v) is 14.2. The van der Waals surface area contributed by atoms with Crippen LogP contribution in [-0.4, -0.2) is 22.4 Å². The molecule has 8 heteroatoms. The molecule has 0 atom stereocenters. The Morgan fingerprint density at radius 1 is 1.26 bits per heavy atom. The van der Waals surface area contributed by atoms with E-state index in [-0.39, 0.29) is 18.9 Å². The van der Waals surface area contributed by atoms with E-state index in [0.717, 1.165) is 10.2 Å². The van der Waals surface area contributed by atoms with Gasteiger partial charge in [-0.3, -0.25) is 4.79 Å². The highest BCUT2D eigenvalue weighted by molar-refractivity contribution is 7.22. The number of halogens is 2. The zero-order valence-electron chi connectivity index (χ0n) is 11.8. The van der Waals surface area contributed by atoms with Crippen molar-refractivity contribution in [1.82, 2.24) is 9.97 Å². The molecule has 118 valence electrons. The number of benzene rings is 1. The number of carbonyl (C=O) groups is 1. The Labute approximate surface area is 146 Å². The van der Waals surface area contributed by atoms with Gasteiger partial charge in [0.25, 0.3) is 0 Å². The van der Waals surface area contributed by atoms with Crippen molar-refractivity contribution in [2.24, 2.45) is 5.73 Å². The standard InChI is InChI=1S/C15H12Cl2N4OS/c16-8-2-1-3-9(17)12(8)15-20-10-5-7-19-14(13(10)23-15)21-11(22)4-6-18/h1-3,5,7H,4,6,18H2,(H,19,21,22). The molecule has 0 aliphatic rings. The maximum atomic E-state index is 11.8. The fourth-order valence-corrected chi connectivity index (χ4v) is 3.85. The van der Waals surface area contributed by atoms with Gasteiger partial charge in [-0.1, -0.05) is 29.3 Å². The Kier molecular flexibility index (Phi) is 4.77. The second-order valence-electron chi connectivity index (χ2n) is 4.71. The normalized spacial score (nSPS) is 10.9. The van der Waals surface area contributed by atoms with E-state index in [4.69, 9.17) is 28.9 Å². The molecule has 0 saturated carbocycles. The van der Waals surface area contributed by atoms with Gasteiger partial charge in [0.05, 0.1) is 20.3 Å². The number of thiazole rings is 1. The summed E-state index contributed by atoms with van der Waals surface area (Å²) in [5, 5.41) is 4.49. The van der Waals surface area contributed by atoms with Gasteiger partial charge in [-0.15, -0.1) is 11.3 Å². The Bertz CT molecular complexity index is 861. The molecule has 0 bridgehead atoms. The maximum Gasteiger partial charge on any atom is 0.226 e. The summed E-state index contributed by atoms with van der Waals surface area (Å²) in [6, 6.07) is 7.08. The van der Waals surface area contributed by atoms with Gasteiger partial charge < -0.3 is 11.1 Å². The zero-order chi connectivity index (χ0) is 16.4. The van der Waals surface area contributed by atoms with Crippen LogP contribution in [0.25, 0.3) is 20.8 Å². The highest BCUT2D eigenvalue weighted by Gasteiger charge is 2.16. The number of nitrogens with zero attached hydrogens (tertiary/aromatic N) is 2. The minimum absolute atomic E-state index is 0.182. The molecule has 0 aliphatic heterocycles. The molecule has 0 saturated heterocycles. The molecular weight excluding hydrogens is 355 g/mol. The van der Waals surface area contributed by atoms with Gasteiger partial charge in [0.15, 0.2) is 5.82 Å². The molecule has 0 spiro atoms. The second-order valence-corrected chi connectivity index (χ2v) is 6.52. The van der Waals surface area contributed by atoms with Gasteiger partial charge in [-0.25, -0.2) is 9.97 Å². The summed E-state index contributed by atoms with van der Waals surface area (Å²) in [5.74, 6) is 0.283. The van der Waals surface area contributed by atoms with Crippen LogP contribution < -0.4 is 11.1 Å². The second kappa shape index (κ2) is 6.80. The van der Waals surface area contributed by atoms with Gasteiger partial charge in [0.1, 0.15) is 5.01 Å². The summed E-state index contributed by atoms with van der Waals surface area (Å²) in [6.07, 6.45) is 1.83. The molecule has 2 heterocycles. The van der Waals surface area contributed by atoms with Crippen LogP contribution in [0.5, 0.6) is 0 Å². The van der Waals surface area contributed by atoms with Gasteiger partial charge in [0.2, 0.25) is 5.91 Å². The smallest absolute Gasteiger partial charge is 0.226 e. The number of rotatable bonds is 4. The molecule has 0 fully saturated rings. The van der Waals surface area contributed by atoms with Crippen molar-refractivity contribution in [1.29, 1.82) is 0 Å². The monoisotopic (exact) mass is 366 g/mol. The topological polar surface area (TPSA) is 80.9 Å². The van der Waals surface area contributed by atoms with E-state index in [0.29, 0.717) is 26.4 Å². The number of fused-ring (bicyclic) bond motifs is 1. The van der Waals surface area contributed by atoms with Crippen molar-refractivity contribution in [2.75, 3.05) is 11.9 Å². The lowest BCUT2D eigenvalue weighted by atomic mass is 10.2. The fourth-order valence-electron chi connectivity index (χ4n) is 2.08. The van der Waals surface area contributed by atoms with Crippen LogP contribution >= 0.6 is 34.5 Å². The minimum atomic E-state index is -0.182. The lowest BCUT2D eigenvalue weighted by molar-refractivity contribution is -0.116.